The van der Waals surface area contributed by atoms with E-state index in [1.54, 1.807) is 32.2 Å². The number of rotatable bonds is 6. The van der Waals surface area contributed by atoms with Crippen LogP contribution in [0.3, 0.4) is 0 Å². The van der Waals surface area contributed by atoms with Crippen molar-refractivity contribution in [3.63, 3.8) is 0 Å². The zero-order valence-corrected chi connectivity index (χ0v) is 11.0. The third-order valence-corrected chi connectivity index (χ3v) is 2.06. The van der Waals surface area contributed by atoms with E-state index < -0.39 is 0 Å². The van der Waals surface area contributed by atoms with Crippen LogP contribution in [0.2, 0.25) is 0 Å². The second-order valence-electron chi connectivity index (χ2n) is 3.73. The highest BCUT2D eigenvalue weighted by Crippen LogP contribution is 2.04. The molecule has 0 aromatic heterocycles. The molecule has 4 nitrogen and oxygen atoms in total. The third kappa shape index (κ3) is 5.70. The van der Waals surface area contributed by atoms with Crippen LogP contribution in [-0.2, 0) is 9.53 Å². The fourth-order valence-corrected chi connectivity index (χ4v) is 1.28. The van der Waals surface area contributed by atoms with Gasteiger partial charge in [0.25, 0.3) is 5.91 Å². The first kappa shape index (κ1) is 15.2. The lowest BCUT2D eigenvalue weighted by molar-refractivity contribution is -0.124. The normalized spacial score (nSPS) is 11.4. The van der Waals surface area contributed by atoms with Gasteiger partial charge in [-0.05, 0) is 13.0 Å². The average molecular weight is 236 g/mol. The molecule has 0 atom stereocenters. The first-order valence-electron chi connectivity index (χ1n) is 5.19. The van der Waals surface area contributed by atoms with E-state index in [0.29, 0.717) is 17.9 Å². The molecule has 0 aromatic carbocycles. The zero-order chi connectivity index (χ0) is 13.4. The summed E-state index contributed by atoms with van der Waals surface area (Å²) in [6.07, 6.45) is 3.24. The minimum Gasteiger partial charge on any atom is -0.497 e. The molecule has 0 fully saturated rings. The number of ether oxygens (including phenoxy) is 1. The van der Waals surface area contributed by atoms with Gasteiger partial charge in [0, 0.05) is 26.9 Å². The molecule has 0 aliphatic heterocycles. The first-order valence-corrected chi connectivity index (χ1v) is 5.19. The highest BCUT2D eigenvalue weighted by molar-refractivity contribution is 6.11. The fourth-order valence-electron chi connectivity index (χ4n) is 1.28. The Morgan fingerprint density at radius 2 is 2.06 bits per heavy atom. The van der Waals surface area contributed by atoms with Crippen molar-refractivity contribution in [1.29, 1.82) is 0 Å². The van der Waals surface area contributed by atoms with Gasteiger partial charge < -0.3 is 9.64 Å². The number of amides is 1. The monoisotopic (exact) mass is 236 g/mol. The molecule has 94 valence electrons. The largest absolute Gasteiger partial charge is 0.497 e. The van der Waals surface area contributed by atoms with E-state index in [9.17, 15) is 4.79 Å². The maximum absolute atomic E-state index is 11.8. The van der Waals surface area contributed by atoms with Crippen molar-refractivity contribution < 1.29 is 9.53 Å². The van der Waals surface area contributed by atoms with Crippen LogP contribution in [0.4, 0.5) is 0 Å². The molecule has 0 aromatic rings. The maximum Gasteiger partial charge on any atom is 0.254 e. The number of carbonyl (C=O) groups is 1. The molecular formula is C13H20N2O2. The van der Waals surface area contributed by atoms with E-state index in [-0.39, 0.29) is 5.91 Å². The second-order valence-corrected chi connectivity index (χ2v) is 3.73. The summed E-state index contributed by atoms with van der Waals surface area (Å²) >= 11 is 0. The summed E-state index contributed by atoms with van der Waals surface area (Å²) in [7, 11) is 4.87. The maximum atomic E-state index is 11.8. The molecule has 0 radical (unpaired) electrons. The number of likely N-dealkylation sites (N-methyl/N-ethyl adjacent to an activating group) is 1. The highest BCUT2D eigenvalue weighted by atomic mass is 16.5. The zero-order valence-electron chi connectivity index (χ0n) is 11.0. The van der Waals surface area contributed by atoms with Crippen LogP contribution < -0.4 is 0 Å². The molecule has 1 amide bonds. The number of nitrogens with zero attached hydrogens (tertiary/aromatic N) is 2. The van der Waals surface area contributed by atoms with Gasteiger partial charge in [-0.2, -0.15) is 0 Å². The van der Waals surface area contributed by atoms with Crippen molar-refractivity contribution in [3.05, 3.63) is 36.1 Å². The van der Waals surface area contributed by atoms with Crippen LogP contribution in [0.25, 0.3) is 0 Å². The summed E-state index contributed by atoms with van der Waals surface area (Å²) < 4.78 is 4.94. The van der Waals surface area contributed by atoms with Crippen molar-refractivity contribution in [2.75, 3.05) is 27.7 Å². The van der Waals surface area contributed by atoms with Gasteiger partial charge in [0.2, 0.25) is 0 Å². The predicted octanol–water partition coefficient (Wildman–Crippen LogP) is 1.81. The van der Waals surface area contributed by atoms with Crippen molar-refractivity contribution in [2.24, 2.45) is 4.99 Å². The van der Waals surface area contributed by atoms with Crippen molar-refractivity contribution >= 4 is 12.1 Å². The summed E-state index contributed by atoms with van der Waals surface area (Å²) in [5.41, 5.74) is 1.35. The minimum atomic E-state index is -0.147. The lowest BCUT2D eigenvalue weighted by Crippen LogP contribution is -2.29. The average Bonchev–Trinajstić information content (AvgIpc) is 2.27. The third-order valence-electron chi connectivity index (χ3n) is 2.06. The van der Waals surface area contributed by atoms with E-state index in [0.717, 1.165) is 5.57 Å². The number of methoxy groups -OCH3 is 1. The van der Waals surface area contributed by atoms with Crippen LogP contribution in [0, 0.1) is 0 Å². The standard InChI is InChI=1S/C13H20N2O2/c1-10(7-12(3)17-6)9-15(5)13(16)11(2)8-14-4/h7-8H,2-3,9H2,1,4-6H3. The molecular weight excluding hydrogens is 216 g/mol. The Kier molecular flexibility index (Phi) is 6.63. The number of aliphatic imine (C=N–C) groups is 1. The molecule has 0 N–H and O–H groups in total. The Labute approximate surface area is 103 Å². The Morgan fingerprint density at radius 3 is 2.53 bits per heavy atom. The van der Waals surface area contributed by atoms with E-state index >= 15 is 0 Å². The Morgan fingerprint density at radius 1 is 1.47 bits per heavy atom. The van der Waals surface area contributed by atoms with Gasteiger partial charge in [0.15, 0.2) is 0 Å². The van der Waals surface area contributed by atoms with Gasteiger partial charge in [-0.1, -0.05) is 18.7 Å². The van der Waals surface area contributed by atoms with E-state index in [1.807, 2.05) is 6.92 Å². The van der Waals surface area contributed by atoms with Crippen LogP contribution in [0.1, 0.15) is 6.92 Å². The van der Waals surface area contributed by atoms with E-state index in [4.69, 9.17) is 4.74 Å². The Balaban J connectivity index is 4.49. The topological polar surface area (TPSA) is 41.9 Å². The van der Waals surface area contributed by atoms with Crippen LogP contribution in [-0.4, -0.2) is 44.8 Å². The molecule has 0 spiro atoms. The highest BCUT2D eigenvalue weighted by Gasteiger charge is 2.11. The first-order chi connectivity index (χ1) is 7.92. The number of allylic oxidation sites excluding steroid dienone is 1. The molecule has 0 aliphatic carbocycles. The molecule has 4 heteroatoms. The number of hydrogen-bond donors (Lipinski definition) is 0. The van der Waals surface area contributed by atoms with Gasteiger partial charge in [-0.15, -0.1) is 0 Å². The molecule has 0 bridgehead atoms. The lowest BCUT2D eigenvalue weighted by Gasteiger charge is -2.17. The minimum absolute atomic E-state index is 0.147. The van der Waals surface area contributed by atoms with Crippen LogP contribution >= 0.6 is 0 Å². The smallest absolute Gasteiger partial charge is 0.254 e. The molecule has 0 rings (SSSR count). The van der Waals surface area contributed by atoms with E-state index in [1.165, 1.54) is 6.21 Å². The SMILES string of the molecule is C=C(C=C(C)CN(C)C(=O)C(=C)C=NC)OC. The molecule has 0 saturated heterocycles. The summed E-state index contributed by atoms with van der Waals surface area (Å²) in [4.78, 5) is 17.1. The summed E-state index contributed by atoms with van der Waals surface area (Å²) in [6, 6.07) is 0. The predicted molar refractivity (Wildman–Crippen MR) is 71.1 cm³/mol. The van der Waals surface area contributed by atoms with Gasteiger partial charge in [0.1, 0.15) is 5.76 Å². The van der Waals surface area contributed by atoms with Crippen LogP contribution in [0.5, 0.6) is 0 Å². The van der Waals surface area contributed by atoms with E-state index in [2.05, 4.69) is 18.2 Å². The van der Waals surface area contributed by atoms with Gasteiger partial charge in [0.05, 0.1) is 12.7 Å². The quantitative estimate of drug-likeness (QED) is 0.305. The van der Waals surface area contributed by atoms with Crippen molar-refractivity contribution in [1.82, 2.24) is 4.90 Å². The van der Waals surface area contributed by atoms with Crippen molar-refractivity contribution in [3.8, 4) is 0 Å². The van der Waals surface area contributed by atoms with Gasteiger partial charge in [-0.25, -0.2) is 0 Å². The second kappa shape index (κ2) is 7.44. The molecule has 0 aliphatic rings. The van der Waals surface area contributed by atoms with Crippen molar-refractivity contribution in [2.45, 2.75) is 6.92 Å². The number of hydrogen-bond acceptors (Lipinski definition) is 3. The molecule has 17 heavy (non-hydrogen) atoms. The summed E-state index contributed by atoms with van der Waals surface area (Å²) in [6.45, 7) is 9.74. The Bertz CT molecular complexity index is 368. The Hall–Kier alpha value is -1.84. The molecule has 0 saturated carbocycles. The summed E-state index contributed by atoms with van der Waals surface area (Å²) in [5.74, 6) is 0.420. The lowest BCUT2D eigenvalue weighted by atomic mass is 10.2. The fraction of sp³-hybridized carbons (Fsp3) is 0.385. The van der Waals surface area contributed by atoms with Crippen LogP contribution in [0.15, 0.2) is 41.1 Å². The summed E-state index contributed by atoms with van der Waals surface area (Å²) in [5, 5.41) is 0. The molecule has 0 unspecified atom stereocenters. The molecule has 0 heterocycles. The van der Waals surface area contributed by atoms with Gasteiger partial charge in [-0.3, -0.25) is 9.79 Å². The number of carbonyl (C=O) groups excluding carboxylic acids is 1. The van der Waals surface area contributed by atoms with Gasteiger partial charge >= 0.3 is 0 Å².